The van der Waals surface area contributed by atoms with Crippen LogP contribution in [0.25, 0.3) is 0 Å². The number of carbonyl (C=O) groups excluding carboxylic acids is 1. The lowest BCUT2D eigenvalue weighted by Gasteiger charge is -2.26. The second-order valence-corrected chi connectivity index (χ2v) is 6.64. The van der Waals surface area contributed by atoms with Crippen molar-refractivity contribution in [2.45, 2.75) is 38.5 Å². The third kappa shape index (κ3) is 4.26. The molecule has 140 valence electrons. The fraction of sp³-hybridized carbons (Fsp3) is 0.474. The van der Waals surface area contributed by atoms with E-state index in [9.17, 15) is 4.79 Å². The van der Waals surface area contributed by atoms with Gasteiger partial charge in [0.2, 0.25) is 5.91 Å². The van der Waals surface area contributed by atoms with E-state index in [1.165, 1.54) is 16.8 Å². The van der Waals surface area contributed by atoms with Gasteiger partial charge in [-0.25, -0.2) is 0 Å². The van der Waals surface area contributed by atoms with Crippen LogP contribution >= 0.6 is 12.4 Å². The molecule has 0 radical (unpaired) electrons. The monoisotopic (exact) mass is 376 g/mol. The number of carbonyl (C=O) groups is 1. The van der Waals surface area contributed by atoms with Crippen LogP contribution in [0.2, 0.25) is 0 Å². The predicted octanol–water partition coefficient (Wildman–Crippen LogP) is 1.77. The Labute approximate surface area is 159 Å². The minimum absolute atomic E-state index is 0. The highest BCUT2D eigenvalue weighted by atomic mass is 35.5. The van der Waals surface area contributed by atoms with Crippen molar-refractivity contribution in [2.75, 3.05) is 19.7 Å². The van der Waals surface area contributed by atoms with Gasteiger partial charge in [-0.1, -0.05) is 24.3 Å². The third-order valence-corrected chi connectivity index (χ3v) is 4.91. The largest absolute Gasteiger partial charge is 0.371 e. The van der Waals surface area contributed by atoms with Gasteiger partial charge in [-0.3, -0.25) is 9.48 Å². The lowest BCUT2D eigenvalue weighted by Crippen LogP contribution is -2.32. The summed E-state index contributed by atoms with van der Waals surface area (Å²) in [6.45, 7) is 3.96. The highest BCUT2D eigenvalue weighted by Crippen LogP contribution is 2.26. The summed E-state index contributed by atoms with van der Waals surface area (Å²) in [6.07, 6.45) is 2.03. The smallest absolute Gasteiger partial charge is 0.220 e. The second kappa shape index (κ2) is 8.66. The molecule has 0 saturated heterocycles. The van der Waals surface area contributed by atoms with Gasteiger partial charge < -0.3 is 15.4 Å². The molecule has 2 aliphatic heterocycles. The van der Waals surface area contributed by atoms with Gasteiger partial charge in [0.25, 0.3) is 0 Å². The Balaban J connectivity index is 0.00000196. The molecule has 1 aromatic heterocycles. The zero-order chi connectivity index (χ0) is 17.1. The Hall–Kier alpha value is -1.89. The summed E-state index contributed by atoms with van der Waals surface area (Å²) in [7, 11) is 0. The molecule has 1 atom stereocenters. The molecule has 4 rings (SSSR count). The minimum atomic E-state index is -0.0418. The zero-order valence-electron chi connectivity index (χ0n) is 14.7. The summed E-state index contributed by atoms with van der Waals surface area (Å²) in [5, 5.41) is 10.9. The van der Waals surface area contributed by atoms with E-state index in [1.807, 2.05) is 10.7 Å². The molecule has 2 aliphatic rings. The first-order chi connectivity index (χ1) is 12.3. The molecule has 6 nitrogen and oxygen atoms in total. The molecular weight excluding hydrogens is 352 g/mol. The molecule has 7 heteroatoms. The molecule has 3 heterocycles. The first-order valence-electron chi connectivity index (χ1n) is 9.02. The van der Waals surface area contributed by atoms with Gasteiger partial charge in [0.1, 0.15) is 6.10 Å². The number of fused-ring (bicyclic) bond motifs is 2. The van der Waals surface area contributed by atoms with Crippen LogP contribution in [-0.4, -0.2) is 35.4 Å². The van der Waals surface area contributed by atoms with Gasteiger partial charge >= 0.3 is 0 Å². The summed E-state index contributed by atoms with van der Waals surface area (Å²) in [5.74, 6) is 0.0516. The van der Waals surface area contributed by atoms with Gasteiger partial charge in [0.15, 0.2) is 0 Å². The van der Waals surface area contributed by atoms with Gasteiger partial charge in [0.05, 0.1) is 24.5 Å². The Kier molecular flexibility index (Phi) is 6.29. The fourth-order valence-electron chi connectivity index (χ4n) is 3.56. The summed E-state index contributed by atoms with van der Waals surface area (Å²) in [6, 6.07) is 10.4. The number of amides is 1. The molecular formula is C19H25ClN4O2. The highest BCUT2D eigenvalue weighted by Gasteiger charge is 2.21. The SMILES string of the molecule is Cl.O=C(CCc1cc2n(n1)CCNC2)NCC1OCCc2ccccc21. The number of benzene rings is 1. The molecule has 2 aromatic rings. The van der Waals surface area contributed by atoms with Crippen LogP contribution in [0.1, 0.15) is 35.0 Å². The molecule has 26 heavy (non-hydrogen) atoms. The van der Waals surface area contributed by atoms with E-state index < -0.39 is 0 Å². The molecule has 0 aliphatic carbocycles. The van der Waals surface area contributed by atoms with Crippen LogP contribution in [0, 0.1) is 0 Å². The van der Waals surface area contributed by atoms with Crippen molar-refractivity contribution in [3.8, 4) is 0 Å². The number of hydrogen-bond donors (Lipinski definition) is 2. The van der Waals surface area contributed by atoms with Crippen molar-refractivity contribution < 1.29 is 9.53 Å². The van der Waals surface area contributed by atoms with Crippen LogP contribution in [0.3, 0.4) is 0 Å². The van der Waals surface area contributed by atoms with E-state index in [1.54, 1.807) is 0 Å². The molecule has 0 fully saturated rings. The van der Waals surface area contributed by atoms with Crippen molar-refractivity contribution in [3.05, 3.63) is 52.8 Å². The fourth-order valence-corrected chi connectivity index (χ4v) is 3.56. The number of ether oxygens (including phenoxy) is 1. The van der Waals surface area contributed by atoms with E-state index in [2.05, 4.69) is 40.0 Å². The van der Waals surface area contributed by atoms with Gasteiger partial charge in [-0.05, 0) is 23.6 Å². The first kappa shape index (κ1) is 18.9. The lowest BCUT2D eigenvalue weighted by atomic mass is 9.97. The summed E-state index contributed by atoms with van der Waals surface area (Å²) < 4.78 is 7.87. The van der Waals surface area contributed by atoms with E-state index in [-0.39, 0.29) is 24.4 Å². The lowest BCUT2D eigenvalue weighted by molar-refractivity contribution is -0.121. The molecule has 0 spiro atoms. The number of nitrogens with one attached hydrogen (secondary N) is 2. The average Bonchev–Trinajstić information content (AvgIpc) is 3.07. The topological polar surface area (TPSA) is 68.2 Å². The first-order valence-corrected chi connectivity index (χ1v) is 9.02. The van der Waals surface area contributed by atoms with Crippen molar-refractivity contribution in [1.29, 1.82) is 0 Å². The maximum atomic E-state index is 12.2. The summed E-state index contributed by atoms with van der Waals surface area (Å²) >= 11 is 0. The third-order valence-electron chi connectivity index (χ3n) is 4.91. The van der Waals surface area contributed by atoms with Gasteiger partial charge in [-0.15, -0.1) is 12.4 Å². The molecule has 0 bridgehead atoms. The predicted molar refractivity (Wildman–Crippen MR) is 101 cm³/mol. The molecule has 1 aromatic carbocycles. The minimum Gasteiger partial charge on any atom is -0.371 e. The second-order valence-electron chi connectivity index (χ2n) is 6.64. The molecule has 1 unspecified atom stereocenters. The maximum absolute atomic E-state index is 12.2. The highest BCUT2D eigenvalue weighted by molar-refractivity contribution is 5.85. The van der Waals surface area contributed by atoms with E-state index in [4.69, 9.17) is 4.74 Å². The van der Waals surface area contributed by atoms with E-state index in [0.29, 0.717) is 26.0 Å². The Morgan fingerprint density at radius 1 is 1.38 bits per heavy atom. The quantitative estimate of drug-likeness (QED) is 0.834. The number of aryl methyl sites for hydroxylation is 1. The number of aromatic nitrogens is 2. The van der Waals surface area contributed by atoms with Gasteiger partial charge in [-0.2, -0.15) is 5.10 Å². The molecule has 1 amide bonds. The standard InChI is InChI=1S/C19H24N4O2.ClH/c24-19(6-5-15-11-16-12-20-8-9-23(16)22-15)21-13-18-17-4-2-1-3-14(17)7-10-25-18;/h1-4,11,18,20H,5-10,12-13H2,(H,21,24);1H. The number of hydrogen-bond acceptors (Lipinski definition) is 4. The Bertz CT molecular complexity index is 738. The van der Waals surface area contributed by atoms with Crippen molar-refractivity contribution >= 4 is 18.3 Å². The number of halogens is 1. The molecule has 2 N–H and O–H groups in total. The maximum Gasteiger partial charge on any atom is 0.220 e. The van der Waals surface area contributed by atoms with Crippen LogP contribution in [0.4, 0.5) is 0 Å². The summed E-state index contributed by atoms with van der Waals surface area (Å²) in [5.41, 5.74) is 4.72. The van der Waals surface area contributed by atoms with Crippen LogP contribution in [0.5, 0.6) is 0 Å². The summed E-state index contributed by atoms with van der Waals surface area (Å²) in [4.78, 5) is 12.2. The van der Waals surface area contributed by atoms with Crippen LogP contribution in [0.15, 0.2) is 30.3 Å². The Morgan fingerprint density at radius 3 is 3.15 bits per heavy atom. The number of nitrogens with zero attached hydrogens (tertiary/aromatic N) is 2. The van der Waals surface area contributed by atoms with Crippen LogP contribution < -0.4 is 10.6 Å². The van der Waals surface area contributed by atoms with Crippen molar-refractivity contribution in [2.24, 2.45) is 0 Å². The van der Waals surface area contributed by atoms with E-state index >= 15 is 0 Å². The average molecular weight is 377 g/mol. The van der Waals surface area contributed by atoms with Crippen molar-refractivity contribution in [1.82, 2.24) is 20.4 Å². The van der Waals surface area contributed by atoms with Crippen LogP contribution in [-0.2, 0) is 35.5 Å². The zero-order valence-corrected chi connectivity index (χ0v) is 15.6. The van der Waals surface area contributed by atoms with E-state index in [0.717, 1.165) is 31.7 Å². The van der Waals surface area contributed by atoms with Gasteiger partial charge in [0, 0.05) is 32.5 Å². The number of rotatable bonds is 5. The van der Waals surface area contributed by atoms with Crippen molar-refractivity contribution in [3.63, 3.8) is 0 Å². The normalized spacial score (nSPS) is 18.4. The Morgan fingerprint density at radius 2 is 2.27 bits per heavy atom. The molecule has 0 saturated carbocycles.